The van der Waals surface area contributed by atoms with Crippen LogP contribution < -0.4 is 15.8 Å². The molecule has 1 heterocycles. The number of methoxy groups -OCH3 is 1. The summed E-state index contributed by atoms with van der Waals surface area (Å²) >= 11 is 1.43. The third-order valence-electron chi connectivity index (χ3n) is 4.20. The number of nitrogens with one attached hydrogen (secondary N) is 1. The number of benzene rings is 1. The lowest BCUT2D eigenvalue weighted by Crippen LogP contribution is -2.34. The number of para-hydroxylation sites is 1. The Bertz CT molecular complexity index is 692. The van der Waals surface area contributed by atoms with Crippen LogP contribution in [0.5, 0.6) is 5.75 Å². The number of rotatable bonds is 4. The lowest BCUT2D eigenvalue weighted by molar-refractivity contribution is -0.120. The minimum atomic E-state index is -0.00244. The Kier molecular flexibility index (Phi) is 6.60. The number of carbonyl (C=O) groups is 1. The van der Waals surface area contributed by atoms with E-state index in [1.54, 1.807) is 7.11 Å². The summed E-state index contributed by atoms with van der Waals surface area (Å²) in [5.41, 5.74) is 7.69. The second-order valence-electron chi connectivity index (χ2n) is 5.85. The Balaban J connectivity index is 0.00000208. The molecule has 2 unspecified atom stereocenters. The molecule has 3 rings (SSSR count). The second kappa shape index (κ2) is 8.46. The van der Waals surface area contributed by atoms with Gasteiger partial charge in [-0.2, -0.15) is 0 Å². The number of anilines is 1. The Labute approximate surface area is 152 Å². The lowest BCUT2D eigenvalue weighted by atomic mass is 9.86. The van der Waals surface area contributed by atoms with Crippen molar-refractivity contribution in [1.82, 2.24) is 4.98 Å². The van der Waals surface area contributed by atoms with E-state index in [1.165, 1.54) is 11.3 Å². The van der Waals surface area contributed by atoms with Gasteiger partial charge in [0.25, 0.3) is 0 Å². The van der Waals surface area contributed by atoms with Gasteiger partial charge in [0.1, 0.15) is 5.75 Å². The number of hydrogen-bond donors (Lipinski definition) is 2. The molecule has 3 N–H and O–H groups in total. The van der Waals surface area contributed by atoms with E-state index in [9.17, 15) is 4.79 Å². The van der Waals surface area contributed by atoms with Crippen LogP contribution in [-0.4, -0.2) is 24.0 Å². The van der Waals surface area contributed by atoms with Crippen molar-refractivity contribution < 1.29 is 9.53 Å². The third kappa shape index (κ3) is 4.26. The Morgan fingerprint density at radius 2 is 2.17 bits per heavy atom. The van der Waals surface area contributed by atoms with Gasteiger partial charge in [-0.3, -0.25) is 4.79 Å². The quantitative estimate of drug-likeness (QED) is 0.863. The number of aromatic nitrogens is 1. The number of ether oxygens (including phenoxy) is 1. The molecule has 1 aliphatic rings. The van der Waals surface area contributed by atoms with Gasteiger partial charge in [0.2, 0.25) is 5.91 Å². The molecular weight excluding hydrogens is 346 g/mol. The van der Waals surface area contributed by atoms with Crippen molar-refractivity contribution in [3.63, 3.8) is 0 Å². The first-order valence-electron chi connectivity index (χ1n) is 7.82. The molecule has 0 saturated heterocycles. The van der Waals surface area contributed by atoms with Crippen LogP contribution in [0.1, 0.15) is 25.7 Å². The first-order valence-corrected chi connectivity index (χ1v) is 8.70. The summed E-state index contributed by atoms with van der Waals surface area (Å²) in [4.78, 5) is 16.9. The topological polar surface area (TPSA) is 77.2 Å². The molecule has 1 aliphatic carbocycles. The number of thiazole rings is 1. The van der Waals surface area contributed by atoms with Crippen molar-refractivity contribution in [3.05, 3.63) is 29.6 Å². The van der Waals surface area contributed by atoms with E-state index in [-0.39, 0.29) is 30.3 Å². The van der Waals surface area contributed by atoms with Crippen molar-refractivity contribution in [3.8, 4) is 17.0 Å². The Morgan fingerprint density at radius 1 is 1.38 bits per heavy atom. The van der Waals surface area contributed by atoms with Gasteiger partial charge in [0.15, 0.2) is 5.13 Å². The molecule has 1 aromatic carbocycles. The van der Waals surface area contributed by atoms with Crippen molar-refractivity contribution in [2.24, 2.45) is 11.7 Å². The fraction of sp³-hybridized carbons (Fsp3) is 0.412. The molecule has 2 aromatic rings. The van der Waals surface area contributed by atoms with E-state index in [2.05, 4.69) is 10.3 Å². The van der Waals surface area contributed by atoms with Crippen LogP contribution in [-0.2, 0) is 4.79 Å². The smallest absolute Gasteiger partial charge is 0.229 e. The molecule has 0 radical (unpaired) electrons. The predicted molar refractivity (Wildman–Crippen MR) is 99.9 cm³/mol. The van der Waals surface area contributed by atoms with Crippen LogP contribution in [0.3, 0.4) is 0 Å². The van der Waals surface area contributed by atoms with Crippen LogP contribution >= 0.6 is 23.7 Å². The summed E-state index contributed by atoms with van der Waals surface area (Å²) in [6.45, 7) is 0. The van der Waals surface area contributed by atoms with Gasteiger partial charge in [-0.05, 0) is 31.4 Å². The number of nitrogens with zero attached hydrogens (tertiary/aromatic N) is 1. The van der Waals surface area contributed by atoms with Crippen molar-refractivity contribution in [2.45, 2.75) is 31.7 Å². The van der Waals surface area contributed by atoms with Crippen LogP contribution in [0.4, 0.5) is 5.13 Å². The third-order valence-corrected chi connectivity index (χ3v) is 4.96. The van der Waals surface area contributed by atoms with Crippen LogP contribution in [0, 0.1) is 5.92 Å². The van der Waals surface area contributed by atoms with E-state index in [0.29, 0.717) is 5.13 Å². The normalized spacial score (nSPS) is 20.1. The van der Waals surface area contributed by atoms with Crippen molar-refractivity contribution in [2.75, 3.05) is 12.4 Å². The fourth-order valence-corrected chi connectivity index (χ4v) is 3.70. The molecule has 0 spiro atoms. The molecule has 0 bridgehead atoms. The average molecular weight is 368 g/mol. The molecule has 130 valence electrons. The molecule has 7 heteroatoms. The van der Waals surface area contributed by atoms with E-state index in [0.717, 1.165) is 42.7 Å². The zero-order valence-corrected chi connectivity index (χ0v) is 15.2. The summed E-state index contributed by atoms with van der Waals surface area (Å²) in [5, 5.41) is 5.48. The summed E-state index contributed by atoms with van der Waals surface area (Å²) < 4.78 is 5.36. The van der Waals surface area contributed by atoms with E-state index < -0.39 is 0 Å². The molecule has 0 aliphatic heterocycles. The van der Waals surface area contributed by atoms with E-state index in [4.69, 9.17) is 10.5 Å². The Hall–Kier alpha value is -1.63. The highest BCUT2D eigenvalue weighted by Crippen LogP contribution is 2.32. The molecule has 1 fully saturated rings. The molecular formula is C17H22ClN3O2S. The summed E-state index contributed by atoms with van der Waals surface area (Å²) in [6.07, 6.45) is 3.70. The number of amides is 1. The van der Waals surface area contributed by atoms with E-state index >= 15 is 0 Å². The van der Waals surface area contributed by atoms with Crippen molar-refractivity contribution >= 4 is 34.8 Å². The summed E-state index contributed by atoms with van der Waals surface area (Å²) in [5.74, 6) is 0.798. The van der Waals surface area contributed by atoms with Gasteiger partial charge in [0.05, 0.1) is 12.8 Å². The molecule has 5 nitrogen and oxygen atoms in total. The fourth-order valence-electron chi connectivity index (χ4n) is 2.98. The average Bonchev–Trinajstić information content (AvgIpc) is 3.03. The first kappa shape index (κ1) is 18.7. The lowest BCUT2D eigenvalue weighted by Gasteiger charge is -2.25. The van der Waals surface area contributed by atoms with E-state index in [1.807, 2.05) is 29.6 Å². The number of nitrogens with two attached hydrogens (primary N) is 1. The molecule has 24 heavy (non-hydrogen) atoms. The number of hydrogen-bond acceptors (Lipinski definition) is 5. The van der Waals surface area contributed by atoms with Crippen LogP contribution in [0.25, 0.3) is 11.3 Å². The molecule has 1 amide bonds. The summed E-state index contributed by atoms with van der Waals surface area (Å²) in [7, 11) is 1.64. The van der Waals surface area contributed by atoms with Gasteiger partial charge in [-0.25, -0.2) is 4.98 Å². The Morgan fingerprint density at radius 3 is 2.92 bits per heavy atom. The number of halogens is 1. The maximum Gasteiger partial charge on any atom is 0.229 e. The van der Waals surface area contributed by atoms with Crippen LogP contribution in [0.15, 0.2) is 29.6 Å². The van der Waals surface area contributed by atoms with Gasteiger partial charge in [0, 0.05) is 22.9 Å². The maximum absolute atomic E-state index is 12.4. The number of carbonyl (C=O) groups excluding carboxylic acids is 1. The standard InChI is InChI=1S/C17H21N3O2S.ClH/c1-22-15-8-3-2-7-13(15)14-10-23-17(19-14)20-16(21)11-5-4-6-12(18)9-11;/h2-3,7-8,10-12H,4-6,9,18H2,1H3,(H,19,20,21);1H. The minimum Gasteiger partial charge on any atom is -0.496 e. The highest BCUT2D eigenvalue weighted by Gasteiger charge is 2.26. The molecule has 1 saturated carbocycles. The van der Waals surface area contributed by atoms with Gasteiger partial charge >= 0.3 is 0 Å². The SMILES string of the molecule is COc1ccccc1-c1csc(NC(=O)C2CCCC(N)C2)n1.Cl. The first-order chi connectivity index (χ1) is 11.2. The monoisotopic (exact) mass is 367 g/mol. The van der Waals surface area contributed by atoms with Gasteiger partial charge < -0.3 is 15.8 Å². The van der Waals surface area contributed by atoms with Crippen LogP contribution in [0.2, 0.25) is 0 Å². The molecule has 2 atom stereocenters. The zero-order valence-electron chi connectivity index (χ0n) is 13.5. The highest BCUT2D eigenvalue weighted by molar-refractivity contribution is 7.14. The molecule has 1 aromatic heterocycles. The van der Waals surface area contributed by atoms with Gasteiger partial charge in [-0.15, -0.1) is 23.7 Å². The van der Waals surface area contributed by atoms with Crippen molar-refractivity contribution in [1.29, 1.82) is 0 Å². The van der Waals surface area contributed by atoms with Gasteiger partial charge in [-0.1, -0.05) is 18.6 Å². The highest BCUT2D eigenvalue weighted by atomic mass is 35.5. The minimum absolute atomic E-state index is 0. The second-order valence-corrected chi connectivity index (χ2v) is 6.71. The predicted octanol–water partition coefficient (Wildman–Crippen LogP) is 3.70. The largest absolute Gasteiger partial charge is 0.496 e. The summed E-state index contributed by atoms with van der Waals surface area (Å²) in [6, 6.07) is 7.86. The zero-order chi connectivity index (χ0) is 16.2. The maximum atomic E-state index is 12.4.